The highest BCUT2D eigenvalue weighted by Crippen LogP contribution is 2.39. The number of benzene rings is 3. The summed E-state index contributed by atoms with van der Waals surface area (Å²) in [6, 6.07) is 27.0. The summed E-state index contributed by atoms with van der Waals surface area (Å²) in [6.07, 6.45) is 0.946. The molecule has 0 bridgehead atoms. The van der Waals surface area contributed by atoms with Gasteiger partial charge in [0.15, 0.2) is 0 Å². The molecule has 31 heavy (non-hydrogen) atoms. The Balaban J connectivity index is 1.58. The van der Waals surface area contributed by atoms with E-state index >= 15 is 0 Å². The predicted molar refractivity (Wildman–Crippen MR) is 121 cm³/mol. The molecule has 0 aromatic heterocycles. The molecule has 0 unspecified atom stereocenters. The van der Waals surface area contributed by atoms with Crippen LogP contribution in [0.1, 0.15) is 29.5 Å². The van der Waals surface area contributed by atoms with Crippen molar-refractivity contribution in [3.8, 4) is 5.75 Å². The van der Waals surface area contributed by atoms with Crippen LogP contribution in [-0.4, -0.2) is 24.7 Å². The smallest absolute Gasteiger partial charge is 0.245 e. The fourth-order valence-electron chi connectivity index (χ4n) is 4.33. The van der Waals surface area contributed by atoms with Gasteiger partial charge in [0.1, 0.15) is 16.9 Å². The van der Waals surface area contributed by atoms with Crippen LogP contribution >= 0.6 is 0 Å². The molecule has 3 aromatic rings. The van der Waals surface area contributed by atoms with E-state index in [4.69, 9.17) is 4.74 Å². The number of amides is 1. The van der Waals surface area contributed by atoms with E-state index < -0.39 is 11.1 Å². The van der Waals surface area contributed by atoms with E-state index in [0.29, 0.717) is 19.4 Å². The lowest BCUT2D eigenvalue weighted by molar-refractivity contribution is -0.132. The molecule has 1 aliphatic rings. The summed E-state index contributed by atoms with van der Waals surface area (Å²) >= 11 is 0. The molecule has 0 aliphatic carbocycles. The Bertz CT molecular complexity index is 1010. The first-order valence-corrected chi connectivity index (χ1v) is 10.6. The highest BCUT2D eigenvalue weighted by molar-refractivity contribution is 5.88. The summed E-state index contributed by atoms with van der Waals surface area (Å²) in [5, 5.41) is 17.8. The third-order valence-corrected chi connectivity index (χ3v) is 6.19. The topological polar surface area (TPSA) is 70.6 Å². The summed E-state index contributed by atoms with van der Waals surface area (Å²) in [5.41, 5.74) is 0.742. The highest BCUT2D eigenvalue weighted by atomic mass is 16.5. The van der Waals surface area contributed by atoms with E-state index in [1.165, 1.54) is 0 Å². The van der Waals surface area contributed by atoms with Gasteiger partial charge in [-0.3, -0.25) is 10.1 Å². The fourth-order valence-corrected chi connectivity index (χ4v) is 4.33. The van der Waals surface area contributed by atoms with Crippen molar-refractivity contribution in [2.75, 3.05) is 13.7 Å². The molecular formula is C26H28N2O3. The number of carbonyl (C=O) groups excluding carboxylic acids is 1. The number of nitrogens with one attached hydrogen (secondary N) is 2. The van der Waals surface area contributed by atoms with Crippen LogP contribution in [0.3, 0.4) is 0 Å². The number of para-hydroxylation sites is 1. The Morgan fingerprint density at radius 3 is 2.16 bits per heavy atom. The first-order chi connectivity index (χ1) is 15.1. The van der Waals surface area contributed by atoms with Crippen LogP contribution in [0.15, 0.2) is 84.9 Å². The van der Waals surface area contributed by atoms with Crippen LogP contribution in [0.25, 0.3) is 0 Å². The molecule has 5 nitrogen and oxygen atoms in total. The molecule has 2 atom stereocenters. The Hall–Kier alpha value is -3.15. The lowest BCUT2D eigenvalue weighted by atomic mass is 9.74. The average Bonchev–Trinajstić information content (AvgIpc) is 2.84. The van der Waals surface area contributed by atoms with Crippen LogP contribution in [0.5, 0.6) is 5.75 Å². The van der Waals surface area contributed by atoms with Gasteiger partial charge in [0.05, 0.1) is 7.11 Å². The minimum absolute atomic E-state index is 0.111. The van der Waals surface area contributed by atoms with Gasteiger partial charge >= 0.3 is 0 Å². The van der Waals surface area contributed by atoms with Crippen molar-refractivity contribution in [2.45, 2.75) is 30.5 Å². The van der Waals surface area contributed by atoms with Crippen molar-refractivity contribution in [3.63, 3.8) is 0 Å². The maximum absolute atomic E-state index is 13.5. The van der Waals surface area contributed by atoms with Gasteiger partial charge in [-0.25, -0.2) is 0 Å². The van der Waals surface area contributed by atoms with E-state index in [0.717, 1.165) is 22.4 Å². The summed E-state index contributed by atoms with van der Waals surface area (Å²) in [7, 11) is 1.62. The second-order valence-electron chi connectivity index (χ2n) is 8.02. The van der Waals surface area contributed by atoms with Crippen molar-refractivity contribution in [2.24, 2.45) is 0 Å². The van der Waals surface area contributed by atoms with Crippen LogP contribution in [0, 0.1) is 0 Å². The molecular weight excluding hydrogens is 388 g/mol. The summed E-state index contributed by atoms with van der Waals surface area (Å²) in [6.45, 7) is 0.649. The van der Waals surface area contributed by atoms with E-state index in [9.17, 15) is 9.90 Å². The van der Waals surface area contributed by atoms with Crippen molar-refractivity contribution >= 4 is 5.91 Å². The fraction of sp³-hybridized carbons (Fsp3) is 0.269. The number of methoxy groups -OCH3 is 1. The first-order valence-electron chi connectivity index (χ1n) is 10.6. The molecule has 1 amide bonds. The van der Waals surface area contributed by atoms with Gasteiger partial charge in [-0.1, -0.05) is 78.9 Å². The normalized spacial score (nSPS) is 23.2. The van der Waals surface area contributed by atoms with Crippen molar-refractivity contribution in [1.82, 2.24) is 10.6 Å². The van der Waals surface area contributed by atoms with Crippen molar-refractivity contribution in [3.05, 3.63) is 102 Å². The summed E-state index contributed by atoms with van der Waals surface area (Å²) in [4.78, 5) is 13.5. The van der Waals surface area contributed by atoms with Crippen LogP contribution in [0.2, 0.25) is 0 Å². The van der Waals surface area contributed by atoms with Gasteiger partial charge in [0, 0.05) is 18.7 Å². The zero-order valence-electron chi connectivity index (χ0n) is 17.7. The Morgan fingerprint density at radius 2 is 1.55 bits per heavy atom. The number of β-amino-alcohol motifs (C(OH)–C–C–N with tert-alkyl or cyclic N) is 1. The van der Waals surface area contributed by atoms with Gasteiger partial charge in [0.2, 0.25) is 5.91 Å². The summed E-state index contributed by atoms with van der Waals surface area (Å²) in [5.74, 6) is 0.631. The third-order valence-electron chi connectivity index (χ3n) is 6.19. The monoisotopic (exact) mass is 416 g/mol. The second kappa shape index (κ2) is 8.92. The standard InChI is InChI=1S/C26H28N2O3/c1-31-23-15-9-8-10-20(23)18-27-24(29)26(22-13-6-3-7-14-22)17-16-25(30,19-28-26)21-11-4-2-5-12-21/h2-15,28,30H,16-19H2,1H3,(H,27,29)/t25-,26+/m0/s1. The number of rotatable bonds is 6. The molecule has 160 valence electrons. The van der Waals surface area contributed by atoms with E-state index in [1.54, 1.807) is 7.11 Å². The van der Waals surface area contributed by atoms with Crippen LogP contribution < -0.4 is 15.4 Å². The molecule has 0 spiro atoms. The highest BCUT2D eigenvalue weighted by Gasteiger charge is 2.47. The minimum Gasteiger partial charge on any atom is -0.496 e. The van der Waals surface area contributed by atoms with Gasteiger partial charge in [-0.15, -0.1) is 0 Å². The first kappa shape index (κ1) is 21.1. The molecule has 1 aliphatic heterocycles. The number of ether oxygens (including phenoxy) is 1. The maximum Gasteiger partial charge on any atom is 0.245 e. The van der Waals surface area contributed by atoms with E-state index in [-0.39, 0.29) is 12.5 Å². The molecule has 0 radical (unpaired) electrons. The molecule has 4 rings (SSSR count). The second-order valence-corrected chi connectivity index (χ2v) is 8.02. The molecule has 1 fully saturated rings. The van der Waals surface area contributed by atoms with Gasteiger partial charge in [-0.2, -0.15) is 0 Å². The quantitative estimate of drug-likeness (QED) is 0.575. The number of hydrogen-bond donors (Lipinski definition) is 3. The van der Waals surface area contributed by atoms with Crippen LogP contribution in [0.4, 0.5) is 0 Å². The minimum atomic E-state index is -1.01. The van der Waals surface area contributed by atoms with Gasteiger partial charge in [0.25, 0.3) is 0 Å². The molecule has 1 heterocycles. The molecule has 0 saturated carbocycles. The van der Waals surface area contributed by atoms with E-state index in [2.05, 4.69) is 10.6 Å². The molecule has 1 saturated heterocycles. The van der Waals surface area contributed by atoms with E-state index in [1.807, 2.05) is 84.9 Å². The Kier molecular flexibility index (Phi) is 6.07. The lowest BCUT2D eigenvalue weighted by Crippen LogP contribution is -2.61. The van der Waals surface area contributed by atoms with Crippen molar-refractivity contribution in [1.29, 1.82) is 0 Å². The predicted octanol–water partition coefficient (Wildman–Crippen LogP) is 3.48. The molecule has 3 N–H and O–H groups in total. The lowest BCUT2D eigenvalue weighted by Gasteiger charge is -2.44. The number of carbonyl (C=O) groups is 1. The largest absolute Gasteiger partial charge is 0.496 e. The molecule has 5 heteroatoms. The summed E-state index contributed by atoms with van der Waals surface area (Å²) < 4.78 is 5.41. The van der Waals surface area contributed by atoms with Crippen LogP contribution in [-0.2, 0) is 22.5 Å². The number of aliphatic hydroxyl groups is 1. The zero-order valence-corrected chi connectivity index (χ0v) is 17.7. The van der Waals surface area contributed by atoms with Crippen molar-refractivity contribution < 1.29 is 14.6 Å². The van der Waals surface area contributed by atoms with Gasteiger partial charge < -0.3 is 15.2 Å². The Morgan fingerprint density at radius 1 is 0.935 bits per heavy atom. The number of hydrogen-bond acceptors (Lipinski definition) is 4. The number of piperidine rings is 1. The zero-order chi connectivity index (χ0) is 21.7. The average molecular weight is 417 g/mol. The third kappa shape index (κ3) is 4.20. The SMILES string of the molecule is COc1ccccc1CNC(=O)[C@]1(c2ccccc2)CC[C@@](O)(c2ccccc2)CN1. The van der Waals surface area contributed by atoms with Gasteiger partial charge in [-0.05, 0) is 30.0 Å². The Labute approximate surface area is 183 Å². The maximum atomic E-state index is 13.5. The molecule has 3 aromatic carbocycles.